The lowest BCUT2D eigenvalue weighted by molar-refractivity contribution is -0.0637. The molecule has 0 spiro atoms. The summed E-state index contributed by atoms with van der Waals surface area (Å²) in [5, 5.41) is 24.4. The normalized spacial score (nSPS) is 16.9. The number of aryl methyl sites for hydroxylation is 2. The van der Waals surface area contributed by atoms with Gasteiger partial charge in [0.15, 0.2) is 0 Å². The Bertz CT molecular complexity index is 388. The lowest BCUT2D eigenvalue weighted by Gasteiger charge is -2.27. The summed E-state index contributed by atoms with van der Waals surface area (Å²) in [6, 6.07) is 0. The number of hydrogen-bond acceptors (Lipinski definition) is 3. The zero-order valence-electron chi connectivity index (χ0n) is 10.9. The Hall–Kier alpha value is -0.390. The number of hydrogen-bond donors (Lipinski definition) is 2. The van der Waals surface area contributed by atoms with Gasteiger partial charge in [0.2, 0.25) is 0 Å². The molecule has 2 atom stereocenters. The van der Waals surface area contributed by atoms with E-state index >= 15 is 0 Å². The first kappa shape index (κ1) is 14.7. The molecule has 1 aromatic rings. The molecule has 0 bridgehead atoms. The van der Waals surface area contributed by atoms with Gasteiger partial charge in [-0.15, -0.1) is 0 Å². The van der Waals surface area contributed by atoms with E-state index in [1.807, 2.05) is 20.9 Å². The third kappa shape index (κ3) is 3.09. The molecule has 4 nitrogen and oxygen atoms in total. The summed E-state index contributed by atoms with van der Waals surface area (Å²) >= 11 is 3.50. The Balaban J connectivity index is 2.92. The summed E-state index contributed by atoms with van der Waals surface area (Å²) in [6.07, 6.45) is 0.966. The van der Waals surface area contributed by atoms with E-state index in [0.29, 0.717) is 12.8 Å². The molecule has 98 valence electrons. The molecule has 1 heterocycles. The monoisotopic (exact) mass is 304 g/mol. The van der Waals surface area contributed by atoms with Crippen molar-refractivity contribution in [1.29, 1.82) is 0 Å². The number of aliphatic hydroxyl groups is 2. The first-order chi connectivity index (χ1) is 7.83. The van der Waals surface area contributed by atoms with Gasteiger partial charge in [0.25, 0.3) is 0 Å². The fourth-order valence-electron chi connectivity index (χ4n) is 1.68. The van der Waals surface area contributed by atoms with Crippen molar-refractivity contribution in [3.05, 3.63) is 15.9 Å². The zero-order chi connectivity index (χ0) is 13.2. The van der Waals surface area contributed by atoms with Crippen LogP contribution in [-0.2, 0) is 19.9 Å². The smallest absolute Gasteiger partial charge is 0.0879 e. The molecule has 0 saturated carbocycles. The van der Waals surface area contributed by atoms with Crippen LogP contribution in [0.1, 0.15) is 38.6 Å². The van der Waals surface area contributed by atoms with Crippen LogP contribution in [0.15, 0.2) is 4.47 Å². The Morgan fingerprint density at radius 2 is 2.06 bits per heavy atom. The van der Waals surface area contributed by atoms with Crippen molar-refractivity contribution in [1.82, 2.24) is 9.78 Å². The second kappa shape index (κ2) is 5.50. The minimum absolute atomic E-state index is 0.394. The highest BCUT2D eigenvalue weighted by Crippen LogP contribution is 2.25. The van der Waals surface area contributed by atoms with Crippen LogP contribution in [-0.4, -0.2) is 31.7 Å². The highest BCUT2D eigenvalue weighted by atomic mass is 79.9. The van der Waals surface area contributed by atoms with Crippen molar-refractivity contribution >= 4 is 15.9 Å². The Morgan fingerprint density at radius 1 is 1.47 bits per heavy atom. The second-order valence-corrected chi connectivity index (χ2v) is 5.41. The molecule has 2 N–H and O–H groups in total. The van der Waals surface area contributed by atoms with Crippen molar-refractivity contribution in [3.8, 4) is 0 Å². The summed E-state index contributed by atoms with van der Waals surface area (Å²) in [5.74, 6) is 0. The number of aliphatic hydroxyl groups excluding tert-OH is 1. The summed E-state index contributed by atoms with van der Waals surface area (Å²) in [4.78, 5) is 0. The predicted molar refractivity (Wildman–Crippen MR) is 70.9 cm³/mol. The predicted octanol–water partition coefficient (Wildman–Crippen LogP) is 1.81. The van der Waals surface area contributed by atoms with Gasteiger partial charge in [0, 0.05) is 13.5 Å². The highest BCUT2D eigenvalue weighted by molar-refractivity contribution is 9.10. The second-order valence-electron chi connectivity index (χ2n) is 4.62. The molecule has 2 unspecified atom stereocenters. The van der Waals surface area contributed by atoms with Gasteiger partial charge >= 0.3 is 0 Å². The van der Waals surface area contributed by atoms with Crippen LogP contribution in [0.25, 0.3) is 0 Å². The van der Waals surface area contributed by atoms with Crippen LogP contribution >= 0.6 is 15.9 Å². The van der Waals surface area contributed by atoms with Gasteiger partial charge in [-0.3, -0.25) is 4.68 Å². The van der Waals surface area contributed by atoms with E-state index in [4.69, 9.17) is 0 Å². The fraction of sp³-hybridized carbons (Fsp3) is 0.750. The van der Waals surface area contributed by atoms with E-state index in [9.17, 15) is 10.2 Å². The maximum Gasteiger partial charge on any atom is 0.0879 e. The summed E-state index contributed by atoms with van der Waals surface area (Å²) in [5.41, 5.74) is 0.838. The molecule has 17 heavy (non-hydrogen) atoms. The molecule has 1 rings (SSSR count). The van der Waals surface area contributed by atoms with Crippen LogP contribution in [0, 0.1) is 0 Å². The Kier molecular flexibility index (Phi) is 4.75. The van der Waals surface area contributed by atoms with Gasteiger partial charge in [-0.1, -0.05) is 13.8 Å². The fourth-order valence-corrected chi connectivity index (χ4v) is 2.46. The molecule has 0 amide bonds. The van der Waals surface area contributed by atoms with Gasteiger partial charge in [0.05, 0.1) is 27.6 Å². The van der Waals surface area contributed by atoms with Crippen LogP contribution in [0.3, 0.4) is 0 Å². The Morgan fingerprint density at radius 3 is 2.47 bits per heavy atom. The first-order valence-corrected chi connectivity index (χ1v) is 6.73. The van der Waals surface area contributed by atoms with Crippen LogP contribution in [0.4, 0.5) is 0 Å². The van der Waals surface area contributed by atoms with Gasteiger partial charge < -0.3 is 10.2 Å². The van der Waals surface area contributed by atoms with Crippen molar-refractivity contribution in [2.45, 2.75) is 51.7 Å². The van der Waals surface area contributed by atoms with Crippen molar-refractivity contribution in [3.63, 3.8) is 0 Å². The molecule has 0 aromatic carbocycles. The summed E-state index contributed by atoms with van der Waals surface area (Å²) < 4.78 is 2.70. The van der Waals surface area contributed by atoms with Gasteiger partial charge in [-0.05, 0) is 35.7 Å². The molecule has 0 radical (unpaired) electrons. The third-order valence-electron chi connectivity index (χ3n) is 3.32. The maximum absolute atomic E-state index is 10.0. The van der Waals surface area contributed by atoms with E-state index in [1.165, 1.54) is 0 Å². The van der Waals surface area contributed by atoms with E-state index in [2.05, 4.69) is 21.0 Å². The van der Waals surface area contributed by atoms with E-state index in [-0.39, 0.29) is 0 Å². The highest BCUT2D eigenvalue weighted by Gasteiger charge is 2.30. The van der Waals surface area contributed by atoms with E-state index in [0.717, 1.165) is 22.3 Å². The van der Waals surface area contributed by atoms with Crippen molar-refractivity contribution in [2.75, 3.05) is 0 Å². The topological polar surface area (TPSA) is 58.3 Å². The number of rotatable bonds is 5. The average molecular weight is 305 g/mol. The number of halogens is 1. The van der Waals surface area contributed by atoms with Gasteiger partial charge in [0.1, 0.15) is 0 Å². The molecule has 0 aliphatic carbocycles. The average Bonchev–Trinajstić information content (AvgIpc) is 2.56. The quantitative estimate of drug-likeness (QED) is 0.872. The van der Waals surface area contributed by atoms with E-state index < -0.39 is 11.7 Å². The molecule has 0 aliphatic heterocycles. The molecule has 0 fully saturated rings. The van der Waals surface area contributed by atoms with Crippen molar-refractivity contribution < 1.29 is 10.2 Å². The summed E-state index contributed by atoms with van der Waals surface area (Å²) in [6.45, 7) is 5.55. The molecular formula is C12H21BrN2O2. The molecule has 1 aromatic heterocycles. The maximum atomic E-state index is 10.0. The molecule has 0 aliphatic rings. The number of nitrogens with zero attached hydrogens (tertiary/aromatic N) is 2. The SMILES string of the molecule is CCc1nn(C)c(CC(O)C(C)(O)CC)c1Br. The van der Waals surface area contributed by atoms with Gasteiger partial charge in [-0.2, -0.15) is 5.10 Å². The minimum atomic E-state index is -1.06. The molecule has 0 saturated heterocycles. The first-order valence-electron chi connectivity index (χ1n) is 5.94. The third-order valence-corrected chi connectivity index (χ3v) is 4.24. The largest absolute Gasteiger partial charge is 0.390 e. The lowest BCUT2D eigenvalue weighted by atomic mass is 9.92. The lowest BCUT2D eigenvalue weighted by Crippen LogP contribution is -2.40. The van der Waals surface area contributed by atoms with Crippen LogP contribution < -0.4 is 0 Å². The van der Waals surface area contributed by atoms with Crippen LogP contribution in [0.5, 0.6) is 0 Å². The minimum Gasteiger partial charge on any atom is -0.390 e. The standard InChI is InChI=1S/C12H21BrN2O2/c1-5-8-11(13)9(15(4)14-8)7-10(16)12(3,17)6-2/h10,16-17H,5-7H2,1-4H3. The molecule has 5 heteroatoms. The summed E-state index contributed by atoms with van der Waals surface area (Å²) in [7, 11) is 1.85. The van der Waals surface area contributed by atoms with Crippen LogP contribution in [0.2, 0.25) is 0 Å². The van der Waals surface area contributed by atoms with Gasteiger partial charge in [-0.25, -0.2) is 0 Å². The Labute approximate surface area is 111 Å². The zero-order valence-corrected chi connectivity index (χ0v) is 12.5. The van der Waals surface area contributed by atoms with E-state index in [1.54, 1.807) is 11.6 Å². The number of aromatic nitrogens is 2. The van der Waals surface area contributed by atoms with Crippen molar-refractivity contribution in [2.24, 2.45) is 7.05 Å². The molecular weight excluding hydrogens is 284 g/mol.